The van der Waals surface area contributed by atoms with Crippen molar-refractivity contribution in [3.05, 3.63) is 24.3 Å². The van der Waals surface area contributed by atoms with Gasteiger partial charge in [0.05, 0.1) is 6.61 Å². The maximum atomic E-state index is 10.7. The first-order valence-electron chi connectivity index (χ1n) is 6.53. The molecule has 130 valence electrons. The van der Waals surface area contributed by atoms with E-state index in [1.807, 2.05) is 0 Å². The van der Waals surface area contributed by atoms with E-state index in [4.69, 9.17) is 19.3 Å². The second kappa shape index (κ2) is 7.12. The van der Waals surface area contributed by atoms with Gasteiger partial charge >= 0.3 is 7.82 Å². The molecule has 0 amide bonds. The molecule has 6 N–H and O–H groups in total. The zero-order valence-corrected chi connectivity index (χ0v) is 12.6. The van der Waals surface area contributed by atoms with Crippen molar-refractivity contribution in [2.75, 3.05) is 6.61 Å². The second-order valence-corrected chi connectivity index (χ2v) is 6.15. The third kappa shape index (κ3) is 4.87. The molecule has 1 aliphatic rings. The summed E-state index contributed by atoms with van der Waals surface area (Å²) in [6.45, 7) is -0.718. The summed E-state index contributed by atoms with van der Waals surface area (Å²) in [7, 11) is -4.79. The van der Waals surface area contributed by atoms with Crippen molar-refractivity contribution >= 4 is 7.82 Å². The first-order valence-corrected chi connectivity index (χ1v) is 8.06. The molecule has 10 nitrogen and oxygen atoms in total. The van der Waals surface area contributed by atoms with E-state index in [1.165, 1.54) is 24.3 Å². The Morgan fingerprint density at radius 3 is 2.22 bits per heavy atom. The molecular weight excluding hydrogens is 335 g/mol. The lowest BCUT2D eigenvalue weighted by Gasteiger charge is -2.40. The number of ether oxygens (including phenoxy) is 2. The van der Waals surface area contributed by atoms with Crippen LogP contribution < -0.4 is 4.74 Å². The Bertz CT molecular complexity index is 557. The van der Waals surface area contributed by atoms with Crippen LogP contribution in [-0.4, -0.2) is 67.5 Å². The average Bonchev–Trinajstić information content (AvgIpc) is 2.48. The number of aliphatic hydroxyl groups is 3. The van der Waals surface area contributed by atoms with Crippen LogP contribution in [-0.2, 0) is 13.8 Å². The Balaban J connectivity index is 2.06. The molecule has 11 heteroatoms. The van der Waals surface area contributed by atoms with Crippen LogP contribution in [0.2, 0.25) is 0 Å². The van der Waals surface area contributed by atoms with E-state index < -0.39 is 45.1 Å². The van der Waals surface area contributed by atoms with Crippen LogP contribution in [0.4, 0.5) is 0 Å². The maximum absolute atomic E-state index is 10.7. The van der Waals surface area contributed by atoms with Crippen LogP contribution in [0, 0.1) is 0 Å². The summed E-state index contributed by atoms with van der Waals surface area (Å²) < 4.78 is 25.4. The topological polar surface area (TPSA) is 166 Å². The number of hydrogen-bond acceptors (Lipinski definition) is 8. The van der Waals surface area contributed by atoms with Crippen LogP contribution in [0.25, 0.3) is 0 Å². The number of aliphatic hydroxyl groups excluding tert-OH is 3. The smallest absolute Gasteiger partial charge is 0.469 e. The van der Waals surface area contributed by atoms with Gasteiger partial charge in [0.1, 0.15) is 35.9 Å². The third-order valence-electron chi connectivity index (χ3n) is 3.16. The summed E-state index contributed by atoms with van der Waals surface area (Å²) in [6, 6.07) is 5.41. The average molecular weight is 352 g/mol. The number of phenolic OH excluding ortho intramolecular Hbond substituents is 1. The van der Waals surface area contributed by atoms with E-state index in [0.29, 0.717) is 0 Å². The lowest BCUT2D eigenvalue weighted by atomic mass is 9.99. The molecule has 5 atom stereocenters. The van der Waals surface area contributed by atoms with E-state index in [-0.39, 0.29) is 11.5 Å². The number of phosphoric acid groups is 1. The van der Waals surface area contributed by atoms with Crippen LogP contribution >= 0.6 is 7.82 Å². The standard InChI is InChI=1S/C12H17O10P/c13-6-1-3-7(4-2-6)21-12-11(16)10(15)9(14)8(22-12)5-20-23(17,18)19/h1-4,8-16H,5H2,(H2,17,18,19)/t8-,9+,10+,11-,12-/m1/s1. The first kappa shape index (κ1) is 18.1. The monoisotopic (exact) mass is 352 g/mol. The van der Waals surface area contributed by atoms with E-state index in [2.05, 4.69) is 4.52 Å². The number of phenols is 1. The third-order valence-corrected chi connectivity index (χ3v) is 3.65. The summed E-state index contributed by atoms with van der Waals surface area (Å²) in [5.74, 6) is 0.191. The number of aromatic hydroxyl groups is 1. The molecule has 0 aromatic heterocycles. The van der Waals surface area contributed by atoms with E-state index in [1.54, 1.807) is 0 Å². The fourth-order valence-electron chi connectivity index (χ4n) is 1.98. The summed E-state index contributed by atoms with van der Waals surface area (Å²) >= 11 is 0. The summed E-state index contributed by atoms with van der Waals surface area (Å²) in [5.41, 5.74) is 0. The van der Waals surface area contributed by atoms with Gasteiger partial charge in [0.2, 0.25) is 6.29 Å². The van der Waals surface area contributed by atoms with Crippen molar-refractivity contribution in [3.63, 3.8) is 0 Å². The van der Waals surface area contributed by atoms with Crippen LogP contribution in [0.1, 0.15) is 0 Å². The minimum atomic E-state index is -4.79. The highest BCUT2D eigenvalue weighted by atomic mass is 31.2. The molecule has 0 saturated carbocycles. The largest absolute Gasteiger partial charge is 0.508 e. The highest BCUT2D eigenvalue weighted by molar-refractivity contribution is 7.46. The van der Waals surface area contributed by atoms with Crippen molar-refractivity contribution in [2.45, 2.75) is 30.7 Å². The summed E-state index contributed by atoms with van der Waals surface area (Å²) in [4.78, 5) is 17.3. The molecule has 1 fully saturated rings. The Morgan fingerprint density at radius 2 is 1.65 bits per heavy atom. The molecule has 0 spiro atoms. The van der Waals surface area contributed by atoms with E-state index >= 15 is 0 Å². The minimum absolute atomic E-state index is 0.00848. The van der Waals surface area contributed by atoms with Gasteiger partial charge in [-0.3, -0.25) is 4.52 Å². The number of rotatable bonds is 5. The SMILES string of the molecule is O=P(O)(O)OC[C@H]1O[C@@H](Oc2ccc(O)cc2)[C@H](O)[C@@H](O)[C@H]1O. The second-order valence-electron chi connectivity index (χ2n) is 4.91. The molecular formula is C12H17O10P. The Kier molecular flexibility index (Phi) is 5.61. The molecule has 1 aromatic rings. The molecule has 0 bridgehead atoms. The first-order chi connectivity index (χ1) is 10.7. The van der Waals surface area contributed by atoms with Crippen LogP contribution in [0.3, 0.4) is 0 Å². The zero-order valence-electron chi connectivity index (χ0n) is 11.7. The predicted molar refractivity (Wildman–Crippen MR) is 73.4 cm³/mol. The van der Waals surface area contributed by atoms with E-state index in [9.17, 15) is 25.0 Å². The van der Waals surface area contributed by atoms with E-state index in [0.717, 1.165) is 0 Å². The van der Waals surface area contributed by atoms with Gasteiger partial charge in [-0.25, -0.2) is 4.57 Å². The quantitative estimate of drug-likeness (QED) is 0.350. The molecule has 1 saturated heterocycles. The van der Waals surface area contributed by atoms with Crippen LogP contribution in [0.5, 0.6) is 11.5 Å². The van der Waals surface area contributed by atoms with Gasteiger partial charge in [0.15, 0.2) is 0 Å². The van der Waals surface area contributed by atoms with Crippen LogP contribution in [0.15, 0.2) is 24.3 Å². The Labute approximate surface area is 130 Å². The van der Waals surface area contributed by atoms with Crippen molar-refractivity contribution in [1.82, 2.24) is 0 Å². The fraction of sp³-hybridized carbons (Fsp3) is 0.500. The van der Waals surface area contributed by atoms with Crippen molar-refractivity contribution in [2.24, 2.45) is 0 Å². The molecule has 1 heterocycles. The number of hydrogen-bond donors (Lipinski definition) is 6. The highest BCUT2D eigenvalue weighted by Gasteiger charge is 2.45. The predicted octanol–water partition coefficient (Wildman–Crippen LogP) is -1.31. The van der Waals surface area contributed by atoms with Gasteiger partial charge in [-0.2, -0.15) is 0 Å². The fourth-order valence-corrected chi connectivity index (χ4v) is 2.32. The van der Waals surface area contributed by atoms with Crippen molar-refractivity contribution in [3.8, 4) is 11.5 Å². The summed E-state index contributed by atoms with van der Waals surface area (Å²) in [5, 5.41) is 38.6. The van der Waals surface area contributed by atoms with Gasteiger partial charge in [-0.1, -0.05) is 0 Å². The number of phosphoric ester groups is 1. The molecule has 0 unspecified atom stereocenters. The Hall–Kier alpha value is -1.23. The molecule has 1 aromatic carbocycles. The summed E-state index contributed by atoms with van der Waals surface area (Å²) in [6.07, 6.45) is -7.65. The van der Waals surface area contributed by atoms with Gasteiger partial charge < -0.3 is 39.7 Å². The van der Waals surface area contributed by atoms with Gasteiger partial charge in [0.25, 0.3) is 0 Å². The molecule has 2 rings (SSSR count). The maximum Gasteiger partial charge on any atom is 0.469 e. The van der Waals surface area contributed by atoms with Gasteiger partial charge in [-0.15, -0.1) is 0 Å². The lowest BCUT2D eigenvalue weighted by molar-refractivity contribution is -0.276. The minimum Gasteiger partial charge on any atom is -0.508 e. The van der Waals surface area contributed by atoms with Crippen molar-refractivity contribution < 1.29 is 48.8 Å². The normalized spacial score (nSPS) is 31.8. The zero-order chi connectivity index (χ0) is 17.2. The van der Waals surface area contributed by atoms with Gasteiger partial charge in [-0.05, 0) is 24.3 Å². The molecule has 0 aliphatic carbocycles. The Morgan fingerprint density at radius 1 is 1.04 bits per heavy atom. The highest BCUT2D eigenvalue weighted by Crippen LogP contribution is 2.37. The number of benzene rings is 1. The lowest BCUT2D eigenvalue weighted by Crippen LogP contribution is -2.60. The molecule has 1 aliphatic heterocycles. The molecule has 0 radical (unpaired) electrons. The van der Waals surface area contributed by atoms with Gasteiger partial charge in [0, 0.05) is 0 Å². The molecule has 23 heavy (non-hydrogen) atoms. The van der Waals surface area contributed by atoms with Crippen molar-refractivity contribution in [1.29, 1.82) is 0 Å².